The molecule has 0 amide bonds. The van der Waals surface area contributed by atoms with Crippen molar-refractivity contribution in [3.8, 4) is 6.07 Å². The molecule has 3 heteroatoms. The minimum atomic E-state index is 0.719. The van der Waals surface area contributed by atoms with Gasteiger partial charge in [0.1, 0.15) is 6.07 Å². The third-order valence-electron chi connectivity index (χ3n) is 1.92. The standard InChI is InChI=1S/C11H14N2S/c1-9-3-4-10(8-12)11(7-9)13-5-6-14-2/h3-4,7,13H,5-6H2,1-2H3. The summed E-state index contributed by atoms with van der Waals surface area (Å²) in [5.41, 5.74) is 2.84. The van der Waals surface area contributed by atoms with E-state index in [9.17, 15) is 0 Å². The Morgan fingerprint density at radius 2 is 2.29 bits per heavy atom. The van der Waals surface area contributed by atoms with E-state index in [2.05, 4.69) is 17.6 Å². The van der Waals surface area contributed by atoms with Gasteiger partial charge in [0.15, 0.2) is 0 Å². The topological polar surface area (TPSA) is 35.8 Å². The van der Waals surface area contributed by atoms with Crippen LogP contribution in [0.5, 0.6) is 0 Å². The van der Waals surface area contributed by atoms with Crippen LogP contribution in [0.15, 0.2) is 18.2 Å². The second kappa shape index (κ2) is 5.56. The molecule has 0 unspecified atom stereocenters. The van der Waals surface area contributed by atoms with Gasteiger partial charge in [0.25, 0.3) is 0 Å². The van der Waals surface area contributed by atoms with Gasteiger partial charge in [-0.25, -0.2) is 0 Å². The molecule has 1 aromatic rings. The van der Waals surface area contributed by atoms with Crippen molar-refractivity contribution in [1.82, 2.24) is 0 Å². The van der Waals surface area contributed by atoms with Gasteiger partial charge in [-0.2, -0.15) is 17.0 Å². The minimum Gasteiger partial charge on any atom is -0.383 e. The molecular formula is C11H14N2S. The number of hydrogen-bond acceptors (Lipinski definition) is 3. The highest BCUT2D eigenvalue weighted by Crippen LogP contribution is 2.16. The number of hydrogen-bond donors (Lipinski definition) is 1. The Balaban J connectivity index is 2.73. The summed E-state index contributed by atoms with van der Waals surface area (Å²) in [7, 11) is 0. The first-order chi connectivity index (χ1) is 6.77. The van der Waals surface area contributed by atoms with Crippen molar-refractivity contribution in [1.29, 1.82) is 5.26 Å². The van der Waals surface area contributed by atoms with Crippen molar-refractivity contribution in [3.63, 3.8) is 0 Å². The SMILES string of the molecule is CSCCNc1cc(C)ccc1C#N. The number of nitrogens with zero attached hydrogens (tertiary/aromatic N) is 1. The Morgan fingerprint density at radius 1 is 1.50 bits per heavy atom. The van der Waals surface area contributed by atoms with Crippen molar-refractivity contribution in [2.24, 2.45) is 0 Å². The second-order valence-electron chi connectivity index (χ2n) is 3.08. The Labute approximate surface area is 89.3 Å². The first-order valence-corrected chi connectivity index (χ1v) is 5.91. The average molecular weight is 206 g/mol. The van der Waals surface area contributed by atoms with Crippen LogP contribution in [0, 0.1) is 18.3 Å². The predicted octanol–water partition coefficient (Wildman–Crippen LogP) is 2.64. The van der Waals surface area contributed by atoms with Gasteiger partial charge in [-0.05, 0) is 30.9 Å². The molecule has 1 rings (SSSR count). The maximum Gasteiger partial charge on any atom is 0.101 e. The molecule has 0 saturated heterocycles. The Bertz CT molecular complexity index is 342. The molecule has 14 heavy (non-hydrogen) atoms. The summed E-state index contributed by atoms with van der Waals surface area (Å²) in [6.45, 7) is 2.93. The lowest BCUT2D eigenvalue weighted by atomic mass is 10.1. The first-order valence-electron chi connectivity index (χ1n) is 4.51. The normalized spacial score (nSPS) is 9.50. The average Bonchev–Trinajstić information content (AvgIpc) is 2.19. The minimum absolute atomic E-state index is 0.719. The van der Waals surface area contributed by atoms with E-state index >= 15 is 0 Å². The number of thioether (sulfide) groups is 1. The van der Waals surface area contributed by atoms with E-state index in [1.807, 2.05) is 25.1 Å². The van der Waals surface area contributed by atoms with Crippen LogP contribution < -0.4 is 5.32 Å². The van der Waals surface area contributed by atoms with E-state index in [0.29, 0.717) is 0 Å². The Hall–Kier alpha value is -1.14. The fourth-order valence-electron chi connectivity index (χ4n) is 1.19. The smallest absolute Gasteiger partial charge is 0.101 e. The predicted molar refractivity (Wildman–Crippen MR) is 62.8 cm³/mol. The van der Waals surface area contributed by atoms with Gasteiger partial charge in [-0.15, -0.1) is 0 Å². The number of benzene rings is 1. The van der Waals surface area contributed by atoms with Crippen LogP contribution in [-0.2, 0) is 0 Å². The summed E-state index contributed by atoms with van der Waals surface area (Å²) in [6.07, 6.45) is 2.07. The van der Waals surface area contributed by atoms with E-state index < -0.39 is 0 Å². The van der Waals surface area contributed by atoms with Crippen molar-refractivity contribution in [2.75, 3.05) is 23.9 Å². The fraction of sp³-hybridized carbons (Fsp3) is 0.364. The number of aryl methyl sites for hydroxylation is 1. The van der Waals surface area contributed by atoms with Crippen molar-refractivity contribution in [2.45, 2.75) is 6.92 Å². The van der Waals surface area contributed by atoms with E-state index in [1.165, 1.54) is 5.56 Å². The first kappa shape index (κ1) is 10.9. The molecule has 0 aliphatic rings. The summed E-state index contributed by atoms with van der Waals surface area (Å²) in [5, 5.41) is 12.1. The largest absolute Gasteiger partial charge is 0.383 e. The molecule has 0 aliphatic carbocycles. The van der Waals surface area contributed by atoms with Crippen molar-refractivity contribution < 1.29 is 0 Å². The number of anilines is 1. The number of nitrogens with one attached hydrogen (secondary N) is 1. The molecular weight excluding hydrogens is 192 g/mol. The highest BCUT2D eigenvalue weighted by Gasteiger charge is 2.00. The number of nitriles is 1. The molecule has 0 atom stereocenters. The lowest BCUT2D eigenvalue weighted by Gasteiger charge is -2.07. The summed E-state index contributed by atoms with van der Waals surface area (Å²) < 4.78 is 0. The van der Waals surface area contributed by atoms with Crippen LogP contribution in [-0.4, -0.2) is 18.6 Å². The molecule has 0 bridgehead atoms. The molecule has 0 radical (unpaired) electrons. The van der Waals surface area contributed by atoms with Gasteiger partial charge in [0, 0.05) is 12.3 Å². The molecule has 1 aromatic carbocycles. The third-order valence-corrected chi connectivity index (χ3v) is 2.53. The molecule has 0 heterocycles. The van der Waals surface area contributed by atoms with Crippen LogP contribution in [0.4, 0.5) is 5.69 Å². The van der Waals surface area contributed by atoms with Crippen LogP contribution in [0.2, 0.25) is 0 Å². The molecule has 0 spiro atoms. The summed E-state index contributed by atoms with van der Waals surface area (Å²) in [5.74, 6) is 1.05. The maximum absolute atomic E-state index is 8.87. The summed E-state index contributed by atoms with van der Waals surface area (Å²) >= 11 is 1.79. The van der Waals surface area contributed by atoms with E-state index in [-0.39, 0.29) is 0 Å². The van der Waals surface area contributed by atoms with Crippen molar-refractivity contribution in [3.05, 3.63) is 29.3 Å². The molecule has 0 aliphatic heterocycles. The van der Waals surface area contributed by atoms with Crippen LogP contribution in [0.3, 0.4) is 0 Å². The zero-order valence-corrected chi connectivity index (χ0v) is 9.32. The molecule has 0 aromatic heterocycles. The second-order valence-corrected chi connectivity index (χ2v) is 4.07. The maximum atomic E-state index is 8.87. The third kappa shape index (κ3) is 2.97. The van der Waals surface area contributed by atoms with Gasteiger partial charge < -0.3 is 5.32 Å². The Kier molecular flexibility index (Phi) is 4.34. The van der Waals surface area contributed by atoms with Gasteiger partial charge in [0.05, 0.1) is 11.3 Å². The summed E-state index contributed by atoms with van der Waals surface area (Å²) in [6, 6.07) is 8.01. The van der Waals surface area contributed by atoms with E-state index in [1.54, 1.807) is 11.8 Å². The zero-order chi connectivity index (χ0) is 10.4. The molecule has 1 N–H and O–H groups in total. The lowest BCUT2D eigenvalue weighted by molar-refractivity contribution is 1.22. The van der Waals surface area contributed by atoms with E-state index in [0.717, 1.165) is 23.5 Å². The van der Waals surface area contributed by atoms with Gasteiger partial charge in [-0.1, -0.05) is 6.07 Å². The molecule has 2 nitrogen and oxygen atoms in total. The van der Waals surface area contributed by atoms with Crippen molar-refractivity contribution >= 4 is 17.4 Å². The monoisotopic (exact) mass is 206 g/mol. The number of rotatable bonds is 4. The molecule has 0 fully saturated rings. The molecule has 0 saturated carbocycles. The molecule has 74 valence electrons. The van der Waals surface area contributed by atoms with Gasteiger partial charge in [0.2, 0.25) is 0 Å². The zero-order valence-electron chi connectivity index (χ0n) is 8.50. The van der Waals surface area contributed by atoms with Gasteiger partial charge in [-0.3, -0.25) is 0 Å². The Morgan fingerprint density at radius 3 is 2.93 bits per heavy atom. The van der Waals surface area contributed by atoms with Crippen LogP contribution in [0.25, 0.3) is 0 Å². The van der Waals surface area contributed by atoms with Gasteiger partial charge >= 0.3 is 0 Å². The van der Waals surface area contributed by atoms with E-state index in [4.69, 9.17) is 5.26 Å². The van der Waals surface area contributed by atoms with Crippen LogP contribution >= 0.6 is 11.8 Å². The lowest BCUT2D eigenvalue weighted by Crippen LogP contribution is -2.05. The summed E-state index contributed by atoms with van der Waals surface area (Å²) in [4.78, 5) is 0. The fourth-order valence-corrected chi connectivity index (χ4v) is 1.50. The highest BCUT2D eigenvalue weighted by molar-refractivity contribution is 7.98. The quantitative estimate of drug-likeness (QED) is 0.769. The highest BCUT2D eigenvalue weighted by atomic mass is 32.2. The van der Waals surface area contributed by atoms with Crippen LogP contribution in [0.1, 0.15) is 11.1 Å².